The Morgan fingerprint density at radius 3 is 2.53 bits per heavy atom. The van der Waals surface area contributed by atoms with E-state index < -0.39 is 11.6 Å². The van der Waals surface area contributed by atoms with E-state index in [0.717, 1.165) is 0 Å². The van der Waals surface area contributed by atoms with Gasteiger partial charge in [0.05, 0.1) is 11.3 Å². The monoisotopic (exact) mass is 259 g/mol. The Balaban J connectivity index is 2.34. The molecule has 1 aliphatic rings. The molecule has 1 amide bonds. The summed E-state index contributed by atoms with van der Waals surface area (Å²) in [5.41, 5.74) is 0.405. The van der Waals surface area contributed by atoms with E-state index in [9.17, 15) is 9.59 Å². The van der Waals surface area contributed by atoms with E-state index >= 15 is 0 Å². The average Bonchev–Trinajstić information content (AvgIpc) is 2.73. The molecule has 0 aliphatic carbocycles. The molecule has 19 heavy (non-hydrogen) atoms. The summed E-state index contributed by atoms with van der Waals surface area (Å²) in [5, 5.41) is 0. The Morgan fingerprint density at radius 1 is 1.26 bits per heavy atom. The summed E-state index contributed by atoms with van der Waals surface area (Å²) in [6.45, 7) is 5.44. The van der Waals surface area contributed by atoms with Gasteiger partial charge in [-0.3, -0.25) is 9.69 Å². The van der Waals surface area contributed by atoms with Crippen LogP contribution in [0, 0.1) is 0 Å². The van der Waals surface area contributed by atoms with E-state index in [-0.39, 0.29) is 5.91 Å². The summed E-state index contributed by atoms with van der Waals surface area (Å²) in [5.74, 6) is -0.466. The van der Waals surface area contributed by atoms with Gasteiger partial charge in [-0.1, -0.05) is 18.2 Å². The smallest absolute Gasteiger partial charge is 0.340 e. The fraction of sp³-hybridized carbons (Fsp3) is 0.333. The first-order chi connectivity index (χ1) is 8.88. The SMILES string of the molecule is CC(C)(C)OC(=O)c1ccccc1N1C=CCC1=O. The highest BCUT2D eigenvalue weighted by Crippen LogP contribution is 2.26. The highest BCUT2D eigenvalue weighted by molar-refractivity contribution is 6.05. The van der Waals surface area contributed by atoms with E-state index in [0.29, 0.717) is 17.7 Å². The van der Waals surface area contributed by atoms with Gasteiger partial charge in [-0.2, -0.15) is 0 Å². The Labute approximate surface area is 112 Å². The topological polar surface area (TPSA) is 46.6 Å². The van der Waals surface area contributed by atoms with Crippen LogP contribution in [0.15, 0.2) is 36.5 Å². The van der Waals surface area contributed by atoms with Crippen molar-refractivity contribution in [1.82, 2.24) is 0 Å². The van der Waals surface area contributed by atoms with Crippen LogP contribution in [0.2, 0.25) is 0 Å². The molecule has 0 fully saturated rings. The Kier molecular flexibility index (Phi) is 3.42. The molecule has 0 radical (unpaired) electrons. The molecule has 0 bridgehead atoms. The summed E-state index contributed by atoms with van der Waals surface area (Å²) in [6.07, 6.45) is 3.82. The molecule has 0 N–H and O–H groups in total. The normalized spacial score (nSPS) is 14.9. The number of nitrogens with zero attached hydrogens (tertiary/aromatic N) is 1. The van der Waals surface area contributed by atoms with Crippen molar-refractivity contribution in [2.75, 3.05) is 4.90 Å². The van der Waals surface area contributed by atoms with E-state index in [1.54, 1.807) is 36.5 Å². The van der Waals surface area contributed by atoms with Crippen LogP contribution in [-0.4, -0.2) is 17.5 Å². The Hall–Kier alpha value is -2.10. The first kappa shape index (κ1) is 13.3. The maximum atomic E-state index is 12.2. The molecule has 1 aromatic carbocycles. The molecule has 1 aromatic rings. The quantitative estimate of drug-likeness (QED) is 0.767. The van der Waals surface area contributed by atoms with Gasteiger partial charge in [0.2, 0.25) is 5.91 Å². The largest absolute Gasteiger partial charge is 0.456 e. The molecule has 4 heteroatoms. The third-order valence-electron chi connectivity index (χ3n) is 2.60. The zero-order valence-electron chi connectivity index (χ0n) is 11.3. The second-order valence-corrected chi connectivity index (χ2v) is 5.37. The minimum atomic E-state index is -0.560. The van der Waals surface area contributed by atoms with Gasteiger partial charge < -0.3 is 4.74 Å². The van der Waals surface area contributed by atoms with Gasteiger partial charge in [-0.05, 0) is 32.9 Å². The van der Waals surface area contributed by atoms with Crippen molar-refractivity contribution in [3.05, 3.63) is 42.1 Å². The number of rotatable bonds is 2. The number of amides is 1. The van der Waals surface area contributed by atoms with E-state index in [1.165, 1.54) is 4.90 Å². The fourth-order valence-electron chi connectivity index (χ4n) is 1.84. The number of ether oxygens (including phenoxy) is 1. The maximum Gasteiger partial charge on any atom is 0.340 e. The molecule has 100 valence electrons. The highest BCUT2D eigenvalue weighted by Gasteiger charge is 2.25. The van der Waals surface area contributed by atoms with Gasteiger partial charge in [0.25, 0.3) is 0 Å². The molecule has 1 aliphatic heterocycles. The number of hydrogen-bond donors (Lipinski definition) is 0. The lowest BCUT2D eigenvalue weighted by molar-refractivity contribution is -0.116. The molecule has 1 heterocycles. The number of esters is 1. The first-order valence-electron chi connectivity index (χ1n) is 6.19. The minimum Gasteiger partial charge on any atom is -0.456 e. The van der Waals surface area contributed by atoms with Crippen molar-refractivity contribution in [3.8, 4) is 0 Å². The van der Waals surface area contributed by atoms with Crippen molar-refractivity contribution in [2.45, 2.75) is 32.8 Å². The molecule has 0 atom stereocenters. The number of benzene rings is 1. The Bertz CT molecular complexity index is 541. The lowest BCUT2D eigenvalue weighted by atomic mass is 10.1. The number of carbonyl (C=O) groups excluding carboxylic acids is 2. The predicted octanol–water partition coefficient (Wildman–Crippen LogP) is 2.89. The van der Waals surface area contributed by atoms with Crippen LogP contribution < -0.4 is 4.90 Å². The zero-order chi connectivity index (χ0) is 14.0. The van der Waals surface area contributed by atoms with Crippen molar-refractivity contribution in [2.24, 2.45) is 0 Å². The molecule has 0 saturated carbocycles. The maximum absolute atomic E-state index is 12.2. The summed E-state index contributed by atoms with van der Waals surface area (Å²) in [6, 6.07) is 6.96. The number of anilines is 1. The van der Waals surface area contributed by atoms with Crippen molar-refractivity contribution < 1.29 is 14.3 Å². The van der Waals surface area contributed by atoms with Crippen LogP contribution in [0.1, 0.15) is 37.6 Å². The molecule has 0 spiro atoms. The second kappa shape index (κ2) is 4.88. The fourth-order valence-corrected chi connectivity index (χ4v) is 1.84. The van der Waals surface area contributed by atoms with Gasteiger partial charge in [0, 0.05) is 12.6 Å². The first-order valence-corrected chi connectivity index (χ1v) is 6.19. The highest BCUT2D eigenvalue weighted by atomic mass is 16.6. The van der Waals surface area contributed by atoms with Crippen molar-refractivity contribution in [1.29, 1.82) is 0 Å². The van der Waals surface area contributed by atoms with Gasteiger partial charge >= 0.3 is 5.97 Å². The Morgan fingerprint density at radius 2 is 1.95 bits per heavy atom. The van der Waals surface area contributed by atoms with Gasteiger partial charge in [0.1, 0.15) is 5.60 Å². The van der Waals surface area contributed by atoms with Crippen LogP contribution in [0.4, 0.5) is 5.69 Å². The summed E-state index contributed by atoms with van der Waals surface area (Å²) in [4.78, 5) is 25.4. The third kappa shape index (κ3) is 3.02. The molecule has 0 unspecified atom stereocenters. The zero-order valence-corrected chi connectivity index (χ0v) is 11.3. The molecule has 4 nitrogen and oxygen atoms in total. The van der Waals surface area contributed by atoms with E-state index in [1.807, 2.05) is 20.8 Å². The standard InChI is InChI=1S/C15H17NO3/c1-15(2,3)19-14(18)11-7-4-5-8-12(11)16-10-6-9-13(16)17/h4-8,10H,9H2,1-3H3. The van der Waals surface area contributed by atoms with Crippen molar-refractivity contribution >= 4 is 17.6 Å². The van der Waals surface area contributed by atoms with E-state index in [2.05, 4.69) is 0 Å². The second-order valence-electron chi connectivity index (χ2n) is 5.37. The summed E-state index contributed by atoms with van der Waals surface area (Å²) >= 11 is 0. The summed E-state index contributed by atoms with van der Waals surface area (Å²) in [7, 11) is 0. The number of carbonyl (C=O) groups is 2. The van der Waals surface area contributed by atoms with Crippen LogP contribution in [0.5, 0.6) is 0 Å². The molecule has 0 aromatic heterocycles. The summed E-state index contributed by atoms with van der Waals surface area (Å²) < 4.78 is 5.36. The predicted molar refractivity (Wildman–Crippen MR) is 72.9 cm³/mol. The van der Waals surface area contributed by atoms with Crippen LogP contribution in [-0.2, 0) is 9.53 Å². The van der Waals surface area contributed by atoms with Crippen LogP contribution in [0.25, 0.3) is 0 Å². The lowest BCUT2D eigenvalue weighted by Gasteiger charge is -2.22. The van der Waals surface area contributed by atoms with Gasteiger partial charge in [-0.15, -0.1) is 0 Å². The molecular weight excluding hydrogens is 242 g/mol. The van der Waals surface area contributed by atoms with Crippen LogP contribution in [0.3, 0.4) is 0 Å². The van der Waals surface area contributed by atoms with Crippen LogP contribution >= 0.6 is 0 Å². The number of hydrogen-bond acceptors (Lipinski definition) is 3. The molecule has 0 saturated heterocycles. The lowest BCUT2D eigenvalue weighted by Crippen LogP contribution is -2.27. The number of para-hydroxylation sites is 1. The molecular formula is C15H17NO3. The third-order valence-corrected chi connectivity index (χ3v) is 2.60. The average molecular weight is 259 g/mol. The van der Waals surface area contributed by atoms with E-state index in [4.69, 9.17) is 4.74 Å². The van der Waals surface area contributed by atoms with Gasteiger partial charge in [0.15, 0.2) is 0 Å². The molecule has 2 rings (SSSR count). The minimum absolute atomic E-state index is 0.0454. The van der Waals surface area contributed by atoms with Gasteiger partial charge in [-0.25, -0.2) is 4.79 Å². The van der Waals surface area contributed by atoms with Crippen molar-refractivity contribution in [3.63, 3.8) is 0 Å².